The van der Waals surface area contributed by atoms with E-state index in [1.54, 1.807) is 30.5 Å². The summed E-state index contributed by atoms with van der Waals surface area (Å²) in [6, 6.07) is 17.3. The smallest absolute Gasteiger partial charge is 0.270 e. The van der Waals surface area contributed by atoms with E-state index in [0.29, 0.717) is 32.9 Å². The Bertz CT molecular complexity index is 1210. The second kappa shape index (κ2) is 8.29. The normalized spacial score (nSPS) is 10.7. The van der Waals surface area contributed by atoms with Gasteiger partial charge in [-0.15, -0.1) is 0 Å². The third-order valence-corrected chi connectivity index (χ3v) is 4.85. The molecule has 0 saturated carbocycles. The molecule has 4 rings (SSSR count). The number of pyridine rings is 1. The quantitative estimate of drug-likeness (QED) is 0.182. The van der Waals surface area contributed by atoms with Gasteiger partial charge in [0, 0.05) is 28.9 Å². The van der Waals surface area contributed by atoms with Crippen LogP contribution in [0.5, 0.6) is 0 Å². The lowest BCUT2D eigenvalue weighted by Crippen LogP contribution is -2.02. The molecule has 0 aliphatic heterocycles. The molecule has 2 N–H and O–H groups in total. The highest BCUT2D eigenvalue weighted by Gasteiger charge is 2.12. The molecule has 0 atom stereocenters. The number of nitrogens with one attached hydrogen (secondary N) is 2. The van der Waals surface area contributed by atoms with Gasteiger partial charge >= 0.3 is 0 Å². The van der Waals surface area contributed by atoms with Crippen molar-refractivity contribution in [3.63, 3.8) is 0 Å². The van der Waals surface area contributed by atoms with Crippen molar-refractivity contribution in [2.75, 3.05) is 10.0 Å². The standard InChI is InChI=1S/C19H13ClN6O2S/c20-17-10-12(8-9-21-17)22-18-19(24-16-7-2-1-6-15(16)23-18)25-29-14-5-3-4-13(11-14)26(27)28/h1-11H,(H,24,25)(H,21,22,23). The van der Waals surface area contributed by atoms with Crippen LogP contribution in [0, 0.1) is 10.1 Å². The zero-order valence-electron chi connectivity index (χ0n) is 14.7. The number of nitro groups is 1. The van der Waals surface area contributed by atoms with Gasteiger partial charge in [0.05, 0.1) is 16.0 Å². The van der Waals surface area contributed by atoms with Gasteiger partial charge in [-0.25, -0.2) is 15.0 Å². The van der Waals surface area contributed by atoms with Crippen LogP contribution in [0.3, 0.4) is 0 Å². The van der Waals surface area contributed by atoms with Gasteiger partial charge in [0.25, 0.3) is 5.69 Å². The molecule has 144 valence electrons. The SMILES string of the molecule is O=[N+]([O-])c1cccc(SNc2nc3ccccc3nc2Nc2ccnc(Cl)c2)c1. The molecule has 0 amide bonds. The zero-order chi connectivity index (χ0) is 20.2. The molecule has 2 heterocycles. The molecule has 8 nitrogen and oxygen atoms in total. The van der Waals surface area contributed by atoms with Crippen LogP contribution < -0.4 is 10.0 Å². The molecule has 0 spiro atoms. The largest absolute Gasteiger partial charge is 0.337 e. The Kier molecular flexibility index (Phi) is 5.41. The van der Waals surface area contributed by atoms with Crippen molar-refractivity contribution >= 4 is 57.6 Å². The van der Waals surface area contributed by atoms with Crippen molar-refractivity contribution in [1.29, 1.82) is 0 Å². The number of benzene rings is 2. The number of hydrogen-bond acceptors (Lipinski definition) is 8. The van der Waals surface area contributed by atoms with E-state index >= 15 is 0 Å². The average Bonchev–Trinajstić information content (AvgIpc) is 2.72. The van der Waals surface area contributed by atoms with Crippen molar-refractivity contribution in [2.24, 2.45) is 0 Å². The van der Waals surface area contributed by atoms with E-state index < -0.39 is 4.92 Å². The third kappa shape index (κ3) is 4.53. The van der Waals surface area contributed by atoms with Gasteiger partial charge in [-0.1, -0.05) is 29.8 Å². The number of non-ortho nitro benzene ring substituents is 1. The van der Waals surface area contributed by atoms with E-state index in [2.05, 4.69) is 25.0 Å². The summed E-state index contributed by atoms with van der Waals surface area (Å²) in [6.45, 7) is 0. The topological polar surface area (TPSA) is 106 Å². The lowest BCUT2D eigenvalue weighted by molar-refractivity contribution is -0.385. The van der Waals surface area contributed by atoms with Gasteiger partial charge in [0.2, 0.25) is 0 Å². The van der Waals surface area contributed by atoms with Gasteiger partial charge in [-0.05, 0) is 42.3 Å². The molecule has 0 radical (unpaired) electrons. The number of anilines is 3. The number of aromatic nitrogens is 3. The minimum atomic E-state index is -0.431. The fourth-order valence-electron chi connectivity index (χ4n) is 2.54. The van der Waals surface area contributed by atoms with Crippen LogP contribution in [0.4, 0.5) is 23.0 Å². The molecule has 29 heavy (non-hydrogen) atoms. The van der Waals surface area contributed by atoms with E-state index in [9.17, 15) is 10.1 Å². The van der Waals surface area contributed by atoms with Crippen LogP contribution >= 0.6 is 23.5 Å². The Hall–Kier alpha value is -3.43. The highest BCUT2D eigenvalue weighted by atomic mass is 35.5. The van der Waals surface area contributed by atoms with Crippen LogP contribution in [0.2, 0.25) is 5.15 Å². The average molecular weight is 425 g/mol. The Morgan fingerprint density at radius 1 is 0.966 bits per heavy atom. The third-order valence-electron chi connectivity index (χ3n) is 3.85. The van der Waals surface area contributed by atoms with Gasteiger partial charge in [-0.2, -0.15) is 0 Å². The molecular weight excluding hydrogens is 412 g/mol. The van der Waals surface area contributed by atoms with Gasteiger partial charge < -0.3 is 10.0 Å². The summed E-state index contributed by atoms with van der Waals surface area (Å²) in [4.78, 5) is 24.5. The zero-order valence-corrected chi connectivity index (χ0v) is 16.3. The van der Waals surface area contributed by atoms with Crippen LogP contribution in [0.25, 0.3) is 11.0 Å². The van der Waals surface area contributed by atoms with Crippen molar-refractivity contribution in [1.82, 2.24) is 15.0 Å². The van der Waals surface area contributed by atoms with Crippen molar-refractivity contribution < 1.29 is 4.92 Å². The molecular formula is C19H13ClN6O2S. The molecule has 0 aliphatic carbocycles. The first-order valence-electron chi connectivity index (χ1n) is 8.41. The van der Waals surface area contributed by atoms with E-state index in [1.807, 2.05) is 24.3 Å². The van der Waals surface area contributed by atoms with Gasteiger partial charge in [0.1, 0.15) is 5.15 Å². The molecule has 2 aromatic carbocycles. The number of halogens is 1. The second-order valence-electron chi connectivity index (χ2n) is 5.86. The number of rotatable bonds is 6. The maximum atomic E-state index is 11.0. The van der Waals surface area contributed by atoms with Crippen LogP contribution in [0.15, 0.2) is 71.8 Å². The summed E-state index contributed by atoms with van der Waals surface area (Å²) in [7, 11) is 0. The summed E-state index contributed by atoms with van der Waals surface area (Å²) in [6.07, 6.45) is 1.59. The summed E-state index contributed by atoms with van der Waals surface area (Å²) in [5.74, 6) is 0.969. The predicted octanol–water partition coefficient (Wildman–Crippen LogP) is 5.45. The van der Waals surface area contributed by atoms with E-state index in [4.69, 9.17) is 11.6 Å². The van der Waals surface area contributed by atoms with Gasteiger partial charge in [-0.3, -0.25) is 10.1 Å². The monoisotopic (exact) mass is 424 g/mol. The fraction of sp³-hybridized carbons (Fsp3) is 0. The van der Waals surface area contributed by atoms with E-state index in [-0.39, 0.29) is 5.69 Å². The predicted molar refractivity (Wildman–Crippen MR) is 115 cm³/mol. The summed E-state index contributed by atoms with van der Waals surface area (Å²) >= 11 is 7.17. The van der Waals surface area contributed by atoms with E-state index in [0.717, 1.165) is 5.52 Å². The summed E-state index contributed by atoms with van der Waals surface area (Å²) < 4.78 is 3.13. The van der Waals surface area contributed by atoms with Crippen LogP contribution in [-0.4, -0.2) is 19.9 Å². The molecule has 0 unspecified atom stereocenters. The first-order chi connectivity index (χ1) is 14.1. The Labute approximate surface area is 174 Å². The second-order valence-corrected chi connectivity index (χ2v) is 7.13. The van der Waals surface area contributed by atoms with Gasteiger partial charge in [0.15, 0.2) is 11.6 Å². The highest BCUT2D eigenvalue weighted by molar-refractivity contribution is 8.00. The minimum Gasteiger partial charge on any atom is -0.337 e. The molecule has 0 saturated heterocycles. The van der Waals surface area contributed by atoms with Crippen LogP contribution in [0.1, 0.15) is 0 Å². The molecule has 0 fully saturated rings. The lowest BCUT2D eigenvalue weighted by atomic mass is 10.3. The summed E-state index contributed by atoms with van der Waals surface area (Å²) in [5.41, 5.74) is 2.16. The number of nitro benzene ring substituents is 1. The van der Waals surface area contributed by atoms with Crippen LogP contribution in [-0.2, 0) is 0 Å². The van der Waals surface area contributed by atoms with Crippen molar-refractivity contribution in [2.45, 2.75) is 4.90 Å². The molecule has 10 heteroatoms. The lowest BCUT2D eigenvalue weighted by Gasteiger charge is -2.13. The summed E-state index contributed by atoms with van der Waals surface area (Å²) in [5, 5.41) is 14.5. The maximum Gasteiger partial charge on any atom is 0.270 e. The maximum absolute atomic E-state index is 11.0. The molecule has 2 aromatic heterocycles. The van der Waals surface area contributed by atoms with Crippen molar-refractivity contribution in [3.8, 4) is 0 Å². The first kappa shape index (κ1) is 18.9. The number of fused-ring (bicyclic) bond motifs is 1. The first-order valence-corrected chi connectivity index (χ1v) is 9.60. The van der Waals surface area contributed by atoms with Crippen molar-refractivity contribution in [3.05, 3.63) is 82.1 Å². The number of hydrogen-bond donors (Lipinski definition) is 2. The number of nitrogens with zero attached hydrogens (tertiary/aromatic N) is 4. The Balaban J connectivity index is 1.66. The minimum absolute atomic E-state index is 0.0196. The Morgan fingerprint density at radius 3 is 2.45 bits per heavy atom. The molecule has 0 bridgehead atoms. The Morgan fingerprint density at radius 2 is 1.72 bits per heavy atom. The van der Waals surface area contributed by atoms with E-state index in [1.165, 1.54) is 24.1 Å². The molecule has 0 aliphatic rings. The highest BCUT2D eigenvalue weighted by Crippen LogP contribution is 2.30. The molecule has 4 aromatic rings. The number of para-hydroxylation sites is 2. The fourth-order valence-corrected chi connectivity index (χ4v) is 3.40.